The molecule has 0 aromatic heterocycles. The summed E-state index contributed by atoms with van der Waals surface area (Å²) in [7, 11) is 3.28. The molecular formula is C14H22BrClN2O2. The van der Waals surface area contributed by atoms with Crippen LogP contribution in [0.3, 0.4) is 0 Å². The molecule has 114 valence electrons. The third kappa shape index (κ3) is 3.79. The first kappa shape index (κ1) is 17.6. The van der Waals surface area contributed by atoms with Crippen LogP contribution in [-0.4, -0.2) is 27.3 Å². The van der Waals surface area contributed by atoms with E-state index >= 15 is 0 Å². The van der Waals surface area contributed by atoms with Gasteiger partial charge in [0.25, 0.3) is 0 Å². The molecule has 1 aromatic carbocycles. The SMILES string of the molecule is COc1cc(Br)c([C@H](N)C2CCNCC2)cc1OC.Cl. The Morgan fingerprint density at radius 3 is 2.30 bits per heavy atom. The Balaban J connectivity index is 0.00000200. The molecule has 1 aliphatic heterocycles. The van der Waals surface area contributed by atoms with E-state index < -0.39 is 0 Å². The van der Waals surface area contributed by atoms with Crippen LogP contribution in [0.5, 0.6) is 11.5 Å². The maximum Gasteiger partial charge on any atom is 0.161 e. The van der Waals surface area contributed by atoms with Crippen LogP contribution in [-0.2, 0) is 0 Å². The number of piperidine rings is 1. The molecule has 0 bridgehead atoms. The zero-order valence-electron chi connectivity index (χ0n) is 11.8. The average molecular weight is 366 g/mol. The fourth-order valence-electron chi connectivity index (χ4n) is 2.58. The third-order valence-electron chi connectivity index (χ3n) is 3.75. The summed E-state index contributed by atoms with van der Waals surface area (Å²) in [4.78, 5) is 0. The Morgan fingerprint density at radius 2 is 1.75 bits per heavy atom. The molecule has 1 saturated heterocycles. The zero-order valence-corrected chi connectivity index (χ0v) is 14.2. The van der Waals surface area contributed by atoms with E-state index in [0.717, 1.165) is 47.5 Å². The van der Waals surface area contributed by atoms with Crippen molar-refractivity contribution in [3.63, 3.8) is 0 Å². The molecule has 0 spiro atoms. The first-order valence-electron chi connectivity index (χ1n) is 6.55. The first-order valence-corrected chi connectivity index (χ1v) is 7.34. The van der Waals surface area contributed by atoms with Crippen LogP contribution in [0.15, 0.2) is 16.6 Å². The second kappa shape index (κ2) is 8.08. The van der Waals surface area contributed by atoms with Gasteiger partial charge in [-0.05, 0) is 49.5 Å². The van der Waals surface area contributed by atoms with E-state index in [2.05, 4.69) is 21.2 Å². The monoisotopic (exact) mass is 364 g/mol. The minimum absolute atomic E-state index is 0. The number of hydrogen-bond acceptors (Lipinski definition) is 4. The third-order valence-corrected chi connectivity index (χ3v) is 4.44. The fraction of sp³-hybridized carbons (Fsp3) is 0.571. The molecule has 4 nitrogen and oxygen atoms in total. The van der Waals surface area contributed by atoms with E-state index in [4.69, 9.17) is 15.2 Å². The molecule has 0 saturated carbocycles. The van der Waals surface area contributed by atoms with E-state index in [1.165, 1.54) is 0 Å². The van der Waals surface area contributed by atoms with Gasteiger partial charge in [0.15, 0.2) is 11.5 Å². The summed E-state index contributed by atoms with van der Waals surface area (Å²) in [5.74, 6) is 1.95. The smallest absolute Gasteiger partial charge is 0.161 e. The number of halogens is 2. The second-order valence-electron chi connectivity index (χ2n) is 4.84. The van der Waals surface area contributed by atoms with Crippen molar-refractivity contribution < 1.29 is 9.47 Å². The van der Waals surface area contributed by atoms with Crippen molar-refractivity contribution in [1.29, 1.82) is 0 Å². The van der Waals surface area contributed by atoms with Crippen molar-refractivity contribution in [3.8, 4) is 11.5 Å². The van der Waals surface area contributed by atoms with E-state index in [1.54, 1.807) is 14.2 Å². The fourth-order valence-corrected chi connectivity index (χ4v) is 3.17. The highest BCUT2D eigenvalue weighted by atomic mass is 79.9. The average Bonchev–Trinajstić information content (AvgIpc) is 2.47. The molecule has 6 heteroatoms. The summed E-state index contributed by atoms with van der Waals surface area (Å²) in [6.07, 6.45) is 2.23. The van der Waals surface area contributed by atoms with Crippen molar-refractivity contribution in [2.24, 2.45) is 11.7 Å². The molecule has 2 rings (SSSR count). The standard InChI is InChI=1S/C14H21BrN2O2.ClH/c1-18-12-7-10(11(15)8-13(12)19-2)14(16)9-3-5-17-6-4-9;/h7-9,14,17H,3-6,16H2,1-2H3;1H/t14-;/m1./s1. The summed E-state index contributed by atoms with van der Waals surface area (Å²) >= 11 is 3.59. The van der Waals surface area contributed by atoms with E-state index in [0.29, 0.717) is 5.92 Å². The number of ether oxygens (including phenoxy) is 2. The van der Waals surface area contributed by atoms with Gasteiger partial charge in [0.1, 0.15) is 0 Å². The topological polar surface area (TPSA) is 56.5 Å². The van der Waals surface area contributed by atoms with Crippen LogP contribution in [0.2, 0.25) is 0 Å². The summed E-state index contributed by atoms with van der Waals surface area (Å²) in [5.41, 5.74) is 7.52. The van der Waals surface area contributed by atoms with Gasteiger partial charge in [0.05, 0.1) is 14.2 Å². The lowest BCUT2D eigenvalue weighted by atomic mass is 9.86. The number of rotatable bonds is 4. The molecule has 0 amide bonds. The molecule has 1 heterocycles. The summed E-state index contributed by atoms with van der Waals surface area (Å²) in [6.45, 7) is 2.09. The molecule has 0 aliphatic carbocycles. The van der Waals surface area contributed by atoms with E-state index in [-0.39, 0.29) is 18.4 Å². The van der Waals surface area contributed by atoms with E-state index in [1.807, 2.05) is 12.1 Å². The molecule has 3 N–H and O–H groups in total. The largest absolute Gasteiger partial charge is 0.493 e. The maximum atomic E-state index is 6.43. The number of nitrogens with two attached hydrogens (primary N) is 1. The highest BCUT2D eigenvalue weighted by molar-refractivity contribution is 9.10. The number of nitrogens with one attached hydrogen (secondary N) is 1. The van der Waals surface area contributed by atoms with Gasteiger partial charge < -0.3 is 20.5 Å². The van der Waals surface area contributed by atoms with Crippen LogP contribution in [0.1, 0.15) is 24.4 Å². The minimum Gasteiger partial charge on any atom is -0.493 e. The highest BCUT2D eigenvalue weighted by Gasteiger charge is 2.24. The quantitative estimate of drug-likeness (QED) is 0.861. The Labute approximate surface area is 134 Å². The molecule has 1 aromatic rings. The van der Waals surface area contributed by atoms with Crippen molar-refractivity contribution in [3.05, 3.63) is 22.2 Å². The van der Waals surface area contributed by atoms with E-state index in [9.17, 15) is 0 Å². The molecule has 0 unspecified atom stereocenters. The molecule has 1 aliphatic rings. The molecule has 1 atom stereocenters. The zero-order chi connectivity index (χ0) is 13.8. The highest BCUT2D eigenvalue weighted by Crippen LogP contribution is 2.38. The summed E-state index contributed by atoms with van der Waals surface area (Å²) in [6, 6.07) is 3.93. The number of benzene rings is 1. The Bertz CT molecular complexity index is 439. The Morgan fingerprint density at radius 1 is 1.20 bits per heavy atom. The maximum absolute atomic E-state index is 6.43. The van der Waals surface area contributed by atoms with Crippen molar-refractivity contribution in [1.82, 2.24) is 5.32 Å². The van der Waals surface area contributed by atoms with Gasteiger partial charge in [-0.2, -0.15) is 0 Å². The van der Waals surface area contributed by atoms with Gasteiger partial charge in [-0.15, -0.1) is 12.4 Å². The van der Waals surface area contributed by atoms with Crippen molar-refractivity contribution in [2.75, 3.05) is 27.3 Å². The number of hydrogen-bond donors (Lipinski definition) is 2. The minimum atomic E-state index is 0. The lowest BCUT2D eigenvalue weighted by molar-refractivity contribution is 0.318. The Hall–Kier alpha value is -0.490. The van der Waals surface area contributed by atoms with Gasteiger partial charge in [-0.1, -0.05) is 15.9 Å². The van der Waals surface area contributed by atoms with Crippen LogP contribution < -0.4 is 20.5 Å². The molecular weight excluding hydrogens is 344 g/mol. The van der Waals surface area contributed by atoms with Gasteiger partial charge in [0.2, 0.25) is 0 Å². The number of methoxy groups -OCH3 is 2. The predicted molar refractivity (Wildman–Crippen MR) is 87.0 cm³/mol. The van der Waals surface area contributed by atoms with Gasteiger partial charge in [0, 0.05) is 10.5 Å². The lowest BCUT2D eigenvalue weighted by Crippen LogP contribution is -2.33. The van der Waals surface area contributed by atoms with Crippen molar-refractivity contribution >= 4 is 28.3 Å². The van der Waals surface area contributed by atoms with Crippen LogP contribution >= 0.6 is 28.3 Å². The second-order valence-corrected chi connectivity index (χ2v) is 5.70. The van der Waals surface area contributed by atoms with Gasteiger partial charge >= 0.3 is 0 Å². The van der Waals surface area contributed by atoms with Crippen molar-refractivity contribution in [2.45, 2.75) is 18.9 Å². The van der Waals surface area contributed by atoms with Gasteiger partial charge in [-0.3, -0.25) is 0 Å². The molecule has 0 radical (unpaired) electrons. The van der Waals surface area contributed by atoms with Crippen LogP contribution in [0.4, 0.5) is 0 Å². The van der Waals surface area contributed by atoms with Crippen LogP contribution in [0.25, 0.3) is 0 Å². The first-order chi connectivity index (χ1) is 9.17. The lowest BCUT2D eigenvalue weighted by Gasteiger charge is -2.29. The predicted octanol–water partition coefficient (Wildman–Crippen LogP) is 2.89. The Kier molecular flexibility index (Phi) is 7.09. The summed E-state index contributed by atoms with van der Waals surface area (Å²) < 4.78 is 11.6. The molecule has 1 fully saturated rings. The normalized spacial score (nSPS) is 17.2. The summed E-state index contributed by atoms with van der Waals surface area (Å²) in [5, 5.41) is 3.36. The van der Waals surface area contributed by atoms with Crippen LogP contribution in [0, 0.1) is 5.92 Å². The molecule has 20 heavy (non-hydrogen) atoms. The van der Waals surface area contributed by atoms with Gasteiger partial charge in [-0.25, -0.2) is 0 Å².